The highest BCUT2D eigenvalue weighted by Gasteiger charge is 2.42. The fraction of sp³-hybridized carbons (Fsp3) is 0.111. The molecule has 0 unspecified atom stereocenters. The topological polar surface area (TPSA) is 107 Å². The molecule has 3 rings (SSSR count). The molecule has 1 heterocycles. The van der Waals surface area contributed by atoms with Crippen molar-refractivity contribution in [2.24, 2.45) is 5.14 Å². The number of amides is 1. The Hall–Kier alpha value is -3.25. The van der Waals surface area contributed by atoms with E-state index in [2.05, 4.69) is 10.4 Å². The summed E-state index contributed by atoms with van der Waals surface area (Å²) < 4.78 is 78.0. The minimum atomic E-state index is -4.97. The van der Waals surface area contributed by atoms with E-state index in [0.717, 1.165) is 36.0 Å². The van der Waals surface area contributed by atoms with Crippen LogP contribution in [0.25, 0.3) is 16.9 Å². The van der Waals surface area contributed by atoms with Crippen LogP contribution in [0.4, 0.5) is 17.6 Å². The molecule has 0 radical (unpaired) electrons. The summed E-state index contributed by atoms with van der Waals surface area (Å²) in [5.74, 6) is -1.67. The van der Waals surface area contributed by atoms with Crippen LogP contribution >= 0.6 is 0 Å². The molecule has 30 heavy (non-hydrogen) atoms. The molecule has 1 amide bonds. The Labute approximate surface area is 168 Å². The van der Waals surface area contributed by atoms with Crippen LogP contribution in [0.3, 0.4) is 0 Å². The molecule has 0 fully saturated rings. The van der Waals surface area contributed by atoms with Crippen molar-refractivity contribution in [2.75, 3.05) is 7.05 Å². The lowest BCUT2D eigenvalue weighted by Gasteiger charge is -2.10. The van der Waals surface area contributed by atoms with Gasteiger partial charge in [-0.3, -0.25) is 4.79 Å². The summed E-state index contributed by atoms with van der Waals surface area (Å²) in [6.07, 6.45) is -4.97. The average molecular weight is 442 g/mol. The maximum absolute atomic E-state index is 13.6. The van der Waals surface area contributed by atoms with Gasteiger partial charge in [-0.05, 0) is 48.5 Å². The maximum Gasteiger partial charge on any atom is 0.436 e. The first-order valence-corrected chi connectivity index (χ1v) is 9.79. The predicted molar refractivity (Wildman–Crippen MR) is 98.7 cm³/mol. The summed E-state index contributed by atoms with van der Waals surface area (Å²) in [7, 11) is -2.87. The van der Waals surface area contributed by atoms with E-state index in [0.29, 0.717) is 0 Å². The number of carbonyl (C=O) groups excluding carboxylic acids is 1. The second kappa shape index (κ2) is 7.54. The molecule has 2 aromatic carbocycles. The summed E-state index contributed by atoms with van der Waals surface area (Å²) >= 11 is 0. The van der Waals surface area contributed by atoms with Crippen LogP contribution < -0.4 is 10.5 Å². The van der Waals surface area contributed by atoms with Crippen LogP contribution in [-0.2, 0) is 16.2 Å². The minimum Gasteiger partial charge on any atom is -0.355 e. The second-order valence-corrected chi connectivity index (χ2v) is 7.67. The number of nitrogens with zero attached hydrogens (tertiary/aromatic N) is 2. The first kappa shape index (κ1) is 21.5. The molecule has 158 valence electrons. The Morgan fingerprint density at radius 1 is 1.07 bits per heavy atom. The first-order chi connectivity index (χ1) is 13.9. The Morgan fingerprint density at radius 3 is 2.10 bits per heavy atom. The number of alkyl halides is 3. The fourth-order valence-corrected chi connectivity index (χ4v) is 3.31. The van der Waals surface area contributed by atoms with Gasteiger partial charge in [-0.1, -0.05) is 0 Å². The van der Waals surface area contributed by atoms with Crippen molar-refractivity contribution < 1.29 is 30.8 Å². The fourth-order valence-electron chi connectivity index (χ4n) is 2.79. The molecule has 3 aromatic rings. The summed E-state index contributed by atoms with van der Waals surface area (Å²) in [6, 6.07) is 9.01. The van der Waals surface area contributed by atoms with Gasteiger partial charge < -0.3 is 5.32 Å². The summed E-state index contributed by atoms with van der Waals surface area (Å²) in [4.78, 5) is 12.1. The van der Waals surface area contributed by atoms with Crippen molar-refractivity contribution in [1.82, 2.24) is 15.1 Å². The number of hydrogen-bond acceptors (Lipinski definition) is 4. The molecule has 1 aromatic heterocycles. The highest BCUT2D eigenvalue weighted by Crippen LogP contribution is 2.38. The highest BCUT2D eigenvalue weighted by molar-refractivity contribution is 7.89. The summed E-state index contributed by atoms with van der Waals surface area (Å²) in [5, 5.41) is 10.8. The number of primary sulfonamides is 1. The molecule has 12 heteroatoms. The lowest BCUT2D eigenvalue weighted by Crippen LogP contribution is -2.22. The third kappa shape index (κ3) is 4.04. The first-order valence-electron chi connectivity index (χ1n) is 8.25. The average Bonchev–Trinajstić information content (AvgIpc) is 3.08. The van der Waals surface area contributed by atoms with E-state index in [4.69, 9.17) is 5.14 Å². The molecule has 0 aliphatic heterocycles. The minimum absolute atomic E-state index is 0.0300. The molecule has 0 bridgehead atoms. The van der Waals surface area contributed by atoms with E-state index in [1.165, 1.54) is 24.3 Å². The maximum atomic E-state index is 13.6. The number of carbonyl (C=O) groups is 1. The van der Waals surface area contributed by atoms with Crippen LogP contribution in [0.5, 0.6) is 0 Å². The molecular formula is C18H14F4N4O3S. The van der Waals surface area contributed by atoms with Gasteiger partial charge in [-0.25, -0.2) is 22.6 Å². The molecule has 3 N–H and O–H groups in total. The number of nitrogens with two attached hydrogens (primary N) is 1. The molecule has 0 saturated heterocycles. The monoisotopic (exact) mass is 442 g/mol. The van der Waals surface area contributed by atoms with Crippen molar-refractivity contribution in [1.29, 1.82) is 0 Å². The Morgan fingerprint density at radius 2 is 1.63 bits per heavy atom. The molecule has 0 aliphatic carbocycles. The third-order valence-electron chi connectivity index (χ3n) is 4.14. The Kier molecular flexibility index (Phi) is 5.39. The number of rotatable bonds is 4. The number of hydrogen-bond donors (Lipinski definition) is 2. The van der Waals surface area contributed by atoms with Gasteiger partial charge in [0.25, 0.3) is 5.91 Å². The van der Waals surface area contributed by atoms with Crippen molar-refractivity contribution >= 4 is 15.9 Å². The molecule has 0 spiro atoms. The molecule has 0 aliphatic rings. The second-order valence-electron chi connectivity index (χ2n) is 6.11. The van der Waals surface area contributed by atoms with Crippen molar-refractivity contribution in [3.8, 4) is 16.9 Å². The van der Waals surface area contributed by atoms with Gasteiger partial charge in [0, 0.05) is 12.6 Å². The lowest BCUT2D eigenvalue weighted by molar-refractivity contribution is -0.141. The van der Waals surface area contributed by atoms with Gasteiger partial charge in [-0.15, -0.1) is 0 Å². The number of halogens is 4. The summed E-state index contributed by atoms with van der Waals surface area (Å²) in [5.41, 5.74) is -2.33. The molecular weight excluding hydrogens is 428 g/mol. The Bertz CT molecular complexity index is 1200. The van der Waals surface area contributed by atoms with E-state index in [1.807, 2.05) is 0 Å². The molecule has 0 atom stereocenters. The molecule has 7 nitrogen and oxygen atoms in total. The van der Waals surface area contributed by atoms with Crippen molar-refractivity contribution in [3.05, 3.63) is 65.6 Å². The SMILES string of the molecule is CNC(=O)c1c(C(F)(F)F)nn(-c2ccc(S(N)(=O)=O)cc2)c1-c1ccc(F)cc1. The van der Waals surface area contributed by atoms with Crippen LogP contribution in [0, 0.1) is 5.82 Å². The molecule has 0 saturated carbocycles. The predicted octanol–water partition coefficient (Wildman–Crippen LogP) is 2.70. The zero-order valence-electron chi connectivity index (χ0n) is 15.2. The van der Waals surface area contributed by atoms with E-state index in [9.17, 15) is 30.8 Å². The van der Waals surface area contributed by atoms with Gasteiger partial charge in [0.05, 0.1) is 21.8 Å². The van der Waals surface area contributed by atoms with E-state index >= 15 is 0 Å². The van der Waals surface area contributed by atoms with Gasteiger partial charge in [0.2, 0.25) is 10.0 Å². The third-order valence-corrected chi connectivity index (χ3v) is 5.06. The quantitative estimate of drug-likeness (QED) is 0.606. The number of aromatic nitrogens is 2. The van der Waals surface area contributed by atoms with Crippen molar-refractivity contribution in [3.63, 3.8) is 0 Å². The van der Waals surface area contributed by atoms with Crippen molar-refractivity contribution in [2.45, 2.75) is 11.1 Å². The van der Waals surface area contributed by atoms with E-state index < -0.39 is 39.2 Å². The van der Waals surface area contributed by atoms with Gasteiger partial charge in [0.1, 0.15) is 5.82 Å². The van der Waals surface area contributed by atoms with Gasteiger partial charge in [-0.2, -0.15) is 18.3 Å². The van der Waals surface area contributed by atoms with Crippen LogP contribution in [-0.4, -0.2) is 31.2 Å². The lowest BCUT2D eigenvalue weighted by atomic mass is 10.0. The normalized spacial score (nSPS) is 12.1. The van der Waals surface area contributed by atoms with E-state index in [-0.39, 0.29) is 21.8 Å². The van der Waals surface area contributed by atoms with Gasteiger partial charge >= 0.3 is 6.18 Å². The zero-order chi connectivity index (χ0) is 22.3. The largest absolute Gasteiger partial charge is 0.436 e. The van der Waals surface area contributed by atoms with E-state index in [1.54, 1.807) is 0 Å². The smallest absolute Gasteiger partial charge is 0.355 e. The zero-order valence-corrected chi connectivity index (χ0v) is 16.1. The number of sulfonamides is 1. The summed E-state index contributed by atoms with van der Waals surface area (Å²) in [6.45, 7) is 0. The standard InChI is InChI=1S/C18H14F4N4O3S/c1-24-17(27)14-15(10-2-4-11(19)5-3-10)26(25-16(14)18(20,21)22)12-6-8-13(9-7-12)30(23,28)29/h2-9H,1H3,(H,24,27)(H2,23,28,29). The number of benzene rings is 2. The Balaban J connectivity index is 2.35. The highest BCUT2D eigenvalue weighted by atomic mass is 32.2. The van der Waals surface area contributed by atoms with Gasteiger partial charge in [0.15, 0.2) is 5.69 Å². The van der Waals surface area contributed by atoms with Crippen LogP contribution in [0.2, 0.25) is 0 Å². The van der Waals surface area contributed by atoms with Crippen LogP contribution in [0.15, 0.2) is 53.4 Å². The number of nitrogens with one attached hydrogen (secondary N) is 1. The van der Waals surface area contributed by atoms with Crippen LogP contribution in [0.1, 0.15) is 16.1 Å².